The van der Waals surface area contributed by atoms with Gasteiger partial charge in [0.1, 0.15) is 5.60 Å². The zero-order chi connectivity index (χ0) is 13.6. The van der Waals surface area contributed by atoms with Gasteiger partial charge in [0.25, 0.3) is 0 Å². The Kier molecular flexibility index (Phi) is 3.85. The molecule has 0 aromatic rings. The Hall–Kier alpha value is -0.0300. The summed E-state index contributed by atoms with van der Waals surface area (Å²) < 4.78 is 6.42. The van der Waals surface area contributed by atoms with E-state index in [0.717, 1.165) is 22.8 Å². The standard InChI is InChI=1S/C13H19Br2NO2/c1-12(2,3)18-11(17)16-8-9-4-5-13(16,6-9)7-10(14)15/h7,9H,4-6,8H2,1-3H3. The lowest BCUT2D eigenvalue weighted by atomic mass is 9.98. The van der Waals surface area contributed by atoms with Crippen molar-refractivity contribution in [2.75, 3.05) is 6.54 Å². The van der Waals surface area contributed by atoms with Gasteiger partial charge in [0, 0.05) is 6.54 Å². The Bertz CT molecular complexity index is 385. The number of likely N-dealkylation sites (tertiary alicyclic amines) is 1. The second-order valence-electron chi connectivity index (χ2n) is 6.24. The van der Waals surface area contributed by atoms with Crippen LogP contribution in [-0.4, -0.2) is 28.7 Å². The van der Waals surface area contributed by atoms with Crippen LogP contribution in [0.1, 0.15) is 40.0 Å². The lowest BCUT2D eigenvalue weighted by Crippen LogP contribution is -2.48. The molecule has 2 bridgehead atoms. The fourth-order valence-electron chi connectivity index (χ4n) is 2.98. The summed E-state index contributed by atoms with van der Waals surface area (Å²) in [7, 11) is 0. The zero-order valence-corrected chi connectivity index (χ0v) is 14.2. The lowest BCUT2D eigenvalue weighted by molar-refractivity contribution is 0.0105. The molecule has 0 N–H and O–H groups in total. The number of fused-ring (bicyclic) bond motifs is 2. The van der Waals surface area contributed by atoms with E-state index in [0.29, 0.717) is 5.92 Å². The number of ether oxygens (including phenoxy) is 1. The van der Waals surface area contributed by atoms with Gasteiger partial charge < -0.3 is 4.74 Å². The van der Waals surface area contributed by atoms with Crippen LogP contribution in [0.5, 0.6) is 0 Å². The molecule has 0 aromatic heterocycles. The third kappa shape index (κ3) is 2.93. The van der Waals surface area contributed by atoms with Gasteiger partial charge in [-0.25, -0.2) is 4.79 Å². The topological polar surface area (TPSA) is 29.5 Å². The molecule has 18 heavy (non-hydrogen) atoms. The van der Waals surface area contributed by atoms with E-state index in [-0.39, 0.29) is 11.6 Å². The normalized spacial score (nSPS) is 30.5. The van der Waals surface area contributed by atoms with Gasteiger partial charge in [0.05, 0.1) is 8.93 Å². The van der Waals surface area contributed by atoms with Gasteiger partial charge in [0.2, 0.25) is 0 Å². The van der Waals surface area contributed by atoms with Gasteiger partial charge in [0.15, 0.2) is 0 Å². The van der Waals surface area contributed by atoms with Crippen LogP contribution in [0.25, 0.3) is 0 Å². The minimum atomic E-state index is -0.435. The van der Waals surface area contributed by atoms with Crippen LogP contribution in [-0.2, 0) is 4.74 Å². The second kappa shape index (κ2) is 4.82. The van der Waals surface area contributed by atoms with Crippen molar-refractivity contribution in [3.8, 4) is 0 Å². The first-order chi connectivity index (χ1) is 8.22. The highest BCUT2D eigenvalue weighted by Crippen LogP contribution is 2.49. The molecule has 2 rings (SSSR count). The molecule has 2 fully saturated rings. The third-order valence-electron chi connectivity index (χ3n) is 3.60. The molecule has 0 aromatic carbocycles. The van der Waals surface area contributed by atoms with Crippen molar-refractivity contribution in [3.05, 3.63) is 9.47 Å². The predicted molar refractivity (Wildman–Crippen MR) is 78.9 cm³/mol. The SMILES string of the molecule is CC(C)(C)OC(=O)N1CC2CCC1(C=C(Br)Br)C2. The fraction of sp³-hybridized carbons (Fsp3) is 0.769. The number of hydrogen-bond acceptors (Lipinski definition) is 2. The molecule has 1 amide bonds. The average molecular weight is 381 g/mol. The number of carbonyl (C=O) groups is 1. The number of rotatable bonds is 1. The van der Waals surface area contributed by atoms with E-state index in [1.807, 2.05) is 25.7 Å². The highest BCUT2D eigenvalue weighted by atomic mass is 79.9. The molecule has 5 heteroatoms. The van der Waals surface area contributed by atoms with Crippen molar-refractivity contribution < 1.29 is 9.53 Å². The summed E-state index contributed by atoms with van der Waals surface area (Å²) in [5.41, 5.74) is -0.592. The van der Waals surface area contributed by atoms with Crippen LogP contribution in [0.4, 0.5) is 4.79 Å². The lowest BCUT2D eigenvalue weighted by Gasteiger charge is -2.37. The van der Waals surface area contributed by atoms with Crippen molar-refractivity contribution >= 4 is 38.0 Å². The first-order valence-corrected chi connectivity index (χ1v) is 7.85. The van der Waals surface area contributed by atoms with Crippen LogP contribution in [0.3, 0.4) is 0 Å². The average Bonchev–Trinajstić information content (AvgIpc) is 2.69. The second-order valence-corrected chi connectivity index (χ2v) is 9.01. The molecule has 1 aliphatic heterocycles. The van der Waals surface area contributed by atoms with Gasteiger partial charge in [-0.05, 0) is 83.9 Å². The fourth-order valence-corrected chi connectivity index (χ4v) is 3.84. The van der Waals surface area contributed by atoms with Crippen LogP contribution in [0.2, 0.25) is 0 Å². The van der Waals surface area contributed by atoms with Crippen molar-refractivity contribution in [1.82, 2.24) is 4.90 Å². The maximum atomic E-state index is 12.3. The van der Waals surface area contributed by atoms with E-state index in [4.69, 9.17) is 4.74 Å². The van der Waals surface area contributed by atoms with Crippen LogP contribution in [0.15, 0.2) is 9.47 Å². The number of nitrogens with zero attached hydrogens (tertiary/aromatic N) is 1. The predicted octanol–water partition coefficient (Wildman–Crippen LogP) is 4.41. The van der Waals surface area contributed by atoms with Crippen molar-refractivity contribution in [3.63, 3.8) is 0 Å². The Morgan fingerprint density at radius 3 is 2.61 bits per heavy atom. The molecule has 2 aliphatic rings. The quantitative estimate of drug-likeness (QED) is 0.674. The summed E-state index contributed by atoms with van der Waals surface area (Å²) in [5, 5.41) is 0. The summed E-state index contributed by atoms with van der Waals surface area (Å²) in [4.78, 5) is 14.2. The van der Waals surface area contributed by atoms with Gasteiger partial charge in [-0.2, -0.15) is 0 Å². The molecule has 1 saturated carbocycles. The molecule has 2 atom stereocenters. The molecule has 102 valence electrons. The Labute approximate surface area is 125 Å². The van der Waals surface area contributed by atoms with E-state index in [1.54, 1.807) is 0 Å². The zero-order valence-electron chi connectivity index (χ0n) is 11.0. The van der Waals surface area contributed by atoms with E-state index >= 15 is 0 Å². The first-order valence-electron chi connectivity index (χ1n) is 6.26. The van der Waals surface area contributed by atoms with Crippen LogP contribution in [0, 0.1) is 5.92 Å². The van der Waals surface area contributed by atoms with Gasteiger partial charge in [-0.1, -0.05) is 0 Å². The Balaban J connectivity index is 2.18. The number of amides is 1. The molecule has 2 unspecified atom stereocenters. The minimum Gasteiger partial charge on any atom is -0.444 e. The maximum absolute atomic E-state index is 12.3. The van der Waals surface area contributed by atoms with E-state index in [1.165, 1.54) is 6.42 Å². The van der Waals surface area contributed by atoms with Crippen molar-refractivity contribution in [2.45, 2.75) is 51.2 Å². The summed E-state index contributed by atoms with van der Waals surface area (Å²) in [5.74, 6) is 0.619. The molecule has 1 heterocycles. The summed E-state index contributed by atoms with van der Waals surface area (Å²) >= 11 is 6.83. The molecular formula is C13H19Br2NO2. The van der Waals surface area contributed by atoms with E-state index in [9.17, 15) is 4.79 Å². The minimum absolute atomic E-state index is 0.157. The van der Waals surface area contributed by atoms with Crippen molar-refractivity contribution in [1.29, 1.82) is 0 Å². The Morgan fingerprint density at radius 2 is 2.11 bits per heavy atom. The smallest absolute Gasteiger partial charge is 0.411 e. The number of halogens is 2. The highest BCUT2D eigenvalue weighted by molar-refractivity contribution is 9.28. The van der Waals surface area contributed by atoms with Crippen LogP contribution >= 0.6 is 31.9 Å². The van der Waals surface area contributed by atoms with Crippen molar-refractivity contribution in [2.24, 2.45) is 5.92 Å². The molecule has 0 spiro atoms. The van der Waals surface area contributed by atoms with E-state index < -0.39 is 5.60 Å². The van der Waals surface area contributed by atoms with E-state index in [2.05, 4.69) is 37.9 Å². The molecule has 1 saturated heterocycles. The third-order valence-corrected chi connectivity index (χ3v) is 4.06. The maximum Gasteiger partial charge on any atom is 0.411 e. The first kappa shape index (κ1) is 14.4. The van der Waals surface area contributed by atoms with Gasteiger partial charge in [-0.15, -0.1) is 0 Å². The largest absolute Gasteiger partial charge is 0.444 e. The summed E-state index contributed by atoms with van der Waals surface area (Å²) in [6, 6.07) is 0. The van der Waals surface area contributed by atoms with Crippen LogP contribution < -0.4 is 0 Å². The number of hydrogen-bond donors (Lipinski definition) is 0. The number of piperidine rings is 1. The molecular weight excluding hydrogens is 362 g/mol. The summed E-state index contributed by atoms with van der Waals surface area (Å²) in [6.07, 6.45) is 5.18. The van der Waals surface area contributed by atoms with Gasteiger partial charge in [-0.3, -0.25) is 4.90 Å². The number of carbonyl (C=O) groups excluding carboxylic acids is 1. The van der Waals surface area contributed by atoms with Gasteiger partial charge >= 0.3 is 6.09 Å². The molecule has 0 radical (unpaired) electrons. The molecule has 3 nitrogen and oxygen atoms in total. The molecule has 1 aliphatic carbocycles. The summed E-state index contributed by atoms with van der Waals surface area (Å²) in [6.45, 7) is 6.53. The Morgan fingerprint density at radius 1 is 1.44 bits per heavy atom. The monoisotopic (exact) mass is 379 g/mol. The highest BCUT2D eigenvalue weighted by Gasteiger charge is 2.52.